The molecule has 0 saturated carbocycles. The van der Waals surface area contributed by atoms with Crippen molar-refractivity contribution in [3.05, 3.63) is 64.7 Å². The summed E-state index contributed by atoms with van der Waals surface area (Å²) in [4.78, 5) is 12.2. The molecule has 0 saturated heterocycles. The number of ketones is 1. The molecule has 1 atom stereocenters. The third kappa shape index (κ3) is 3.37. The summed E-state index contributed by atoms with van der Waals surface area (Å²) in [6, 6.07) is 15.4. The van der Waals surface area contributed by atoms with Crippen molar-refractivity contribution in [2.45, 2.75) is 13.0 Å². The Kier molecular flexibility index (Phi) is 4.39. The van der Waals surface area contributed by atoms with Crippen LogP contribution in [0.1, 0.15) is 22.8 Å². The Morgan fingerprint density at radius 3 is 2.55 bits per heavy atom. The maximum absolute atomic E-state index is 12.2. The van der Waals surface area contributed by atoms with Gasteiger partial charge in [0.1, 0.15) is 5.75 Å². The molecule has 0 aliphatic rings. The Hall–Kier alpha value is -2.31. The van der Waals surface area contributed by atoms with Gasteiger partial charge in [-0.3, -0.25) is 4.79 Å². The van der Waals surface area contributed by atoms with E-state index in [-0.39, 0.29) is 5.78 Å². The third-order valence-electron chi connectivity index (χ3n) is 2.77. The number of carbonyl (C=O) groups is 1. The normalized spacial score (nSPS) is 11.4. The second kappa shape index (κ2) is 6.23. The van der Waals surface area contributed by atoms with Gasteiger partial charge in [0.25, 0.3) is 0 Å². The zero-order chi connectivity index (χ0) is 14.5. The van der Waals surface area contributed by atoms with E-state index in [1.54, 1.807) is 55.5 Å². The lowest BCUT2D eigenvalue weighted by Crippen LogP contribution is -2.23. The number of nitriles is 1. The van der Waals surface area contributed by atoms with Crippen LogP contribution in [0.5, 0.6) is 5.75 Å². The molecule has 100 valence electrons. The molecule has 1 unspecified atom stereocenters. The SMILES string of the molecule is CC(Oc1ccc(C#N)cc1)C(=O)c1cccc(Cl)c1. The van der Waals surface area contributed by atoms with Gasteiger partial charge >= 0.3 is 0 Å². The molecule has 0 bridgehead atoms. The van der Waals surface area contributed by atoms with E-state index in [0.717, 1.165) is 0 Å². The van der Waals surface area contributed by atoms with Crippen LogP contribution in [0.4, 0.5) is 0 Å². The van der Waals surface area contributed by atoms with Crippen molar-refractivity contribution >= 4 is 17.4 Å². The smallest absolute Gasteiger partial charge is 0.203 e. The molecule has 0 aliphatic heterocycles. The maximum atomic E-state index is 12.2. The van der Waals surface area contributed by atoms with Crippen molar-refractivity contribution in [2.24, 2.45) is 0 Å². The summed E-state index contributed by atoms with van der Waals surface area (Å²) in [6.45, 7) is 1.68. The van der Waals surface area contributed by atoms with Crippen molar-refractivity contribution in [2.75, 3.05) is 0 Å². The Balaban J connectivity index is 2.09. The van der Waals surface area contributed by atoms with E-state index in [0.29, 0.717) is 21.9 Å². The van der Waals surface area contributed by atoms with E-state index in [4.69, 9.17) is 21.6 Å². The fourth-order valence-electron chi connectivity index (χ4n) is 1.74. The minimum Gasteiger partial charge on any atom is -0.483 e. The summed E-state index contributed by atoms with van der Waals surface area (Å²) in [5.74, 6) is 0.406. The van der Waals surface area contributed by atoms with Crippen molar-refractivity contribution in [1.82, 2.24) is 0 Å². The fraction of sp³-hybridized carbons (Fsp3) is 0.125. The lowest BCUT2D eigenvalue weighted by molar-refractivity contribution is 0.0818. The number of Topliss-reactive ketones (excluding diaryl/α,β-unsaturated/α-hetero) is 1. The second-order valence-electron chi connectivity index (χ2n) is 4.27. The Morgan fingerprint density at radius 2 is 1.95 bits per heavy atom. The number of carbonyl (C=O) groups excluding carboxylic acids is 1. The molecule has 0 N–H and O–H groups in total. The highest BCUT2D eigenvalue weighted by Gasteiger charge is 2.17. The first-order valence-corrected chi connectivity index (χ1v) is 6.44. The van der Waals surface area contributed by atoms with Crippen LogP contribution < -0.4 is 4.74 Å². The van der Waals surface area contributed by atoms with Gasteiger partial charge in [-0.2, -0.15) is 5.26 Å². The molecule has 0 amide bonds. The monoisotopic (exact) mass is 285 g/mol. The summed E-state index contributed by atoms with van der Waals surface area (Å²) in [5, 5.41) is 9.23. The summed E-state index contributed by atoms with van der Waals surface area (Å²) in [5.41, 5.74) is 1.06. The van der Waals surface area contributed by atoms with Crippen LogP contribution in [0.2, 0.25) is 5.02 Å². The molecule has 2 aromatic carbocycles. The molecule has 0 heterocycles. The lowest BCUT2D eigenvalue weighted by Gasteiger charge is -2.13. The van der Waals surface area contributed by atoms with Gasteiger partial charge in [0, 0.05) is 10.6 Å². The van der Waals surface area contributed by atoms with E-state index >= 15 is 0 Å². The van der Waals surface area contributed by atoms with E-state index in [1.165, 1.54) is 0 Å². The van der Waals surface area contributed by atoms with Crippen LogP contribution in [0, 0.1) is 11.3 Å². The van der Waals surface area contributed by atoms with Crippen molar-refractivity contribution < 1.29 is 9.53 Å². The number of rotatable bonds is 4. The minimum atomic E-state index is -0.624. The van der Waals surface area contributed by atoms with Gasteiger partial charge in [-0.25, -0.2) is 0 Å². The topological polar surface area (TPSA) is 50.1 Å². The molecular weight excluding hydrogens is 274 g/mol. The third-order valence-corrected chi connectivity index (χ3v) is 3.01. The fourth-order valence-corrected chi connectivity index (χ4v) is 1.93. The molecule has 2 aromatic rings. The van der Waals surface area contributed by atoms with E-state index < -0.39 is 6.10 Å². The van der Waals surface area contributed by atoms with E-state index in [2.05, 4.69) is 0 Å². The van der Waals surface area contributed by atoms with Crippen LogP contribution in [0.15, 0.2) is 48.5 Å². The number of hydrogen-bond donors (Lipinski definition) is 0. The number of nitrogens with zero attached hydrogens (tertiary/aromatic N) is 1. The maximum Gasteiger partial charge on any atom is 0.203 e. The number of hydrogen-bond acceptors (Lipinski definition) is 3. The zero-order valence-electron chi connectivity index (χ0n) is 10.8. The first kappa shape index (κ1) is 14.1. The Labute approximate surface area is 122 Å². The lowest BCUT2D eigenvalue weighted by atomic mass is 10.1. The molecule has 0 radical (unpaired) electrons. The molecule has 20 heavy (non-hydrogen) atoms. The number of ether oxygens (including phenoxy) is 1. The summed E-state index contributed by atoms with van der Waals surface area (Å²) >= 11 is 5.86. The van der Waals surface area contributed by atoms with Gasteiger partial charge in [0.2, 0.25) is 5.78 Å². The second-order valence-corrected chi connectivity index (χ2v) is 4.71. The first-order chi connectivity index (χ1) is 9.60. The highest BCUT2D eigenvalue weighted by atomic mass is 35.5. The predicted molar refractivity (Wildman–Crippen MR) is 77.0 cm³/mol. The molecule has 3 nitrogen and oxygen atoms in total. The van der Waals surface area contributed by atoms with Gasteiger partial charge in [0.15, 0.2) is 6.10 Å². The van der Waals surface area contributed by atoms with Crippen molar-refractivity contribution in [1.29, 1.82) is 5.26 Å². The van der Waals surface area contributed by atoms with Crippen LogP contribution in [-0.2, 0) is 0 Å². The molecule has 0 aliphatic carbocycles. The summed E-state index contributed by atoms with van der Waals surface area (Å²) in [6.07, 6.45) is -0.624. The van der Waals surface area contributed by atoms with Gasteiger partial charge in [-0.1, -0.05) is 23.7 Å². The average molecular weight is 286 g/mol. The van der Waals surface area contributed by atoms with Crippen molar-refractivity contribution in [3.63, 3.8) is 0 Å². The molecule has 4 heteroatoms. The Morgan fingerprint density at radius 1 is 1.25 bits per heavy atom. The van der Waals surface area contributed by atoms with Gasteiger partial charge in [-0.05, 0) is 43.3 Å². The van der Waals surface area contributed by atoms with E-state index in [1.807, 2.05) is 6.07 Å². The first-order valence-electron chi connectivity index (χ1n) is 6.07. The molecular formula is C16H12ClNO2. The molecule has 0 fully saturated rings. The quantitative estimate of drug-likeness (QED) is 0.802. The molecule has 0 aromatic heterocycles. The summed E-state index contributed by atoms with van der Waals surface area (Å²) in [7, 11) is 0. The van der Waals surface area contributed by atoms with Crippen molar-refractivity contribution in [3.8, 4) is 11.8 Å². The van der Waals surface area contributed by atoms with Crippen LogP contribution in [0.25, 0.3) is 0 Å². The molecule has 2 rings (SSSR count). The van der Waals surface area contributed by atoms with Crippen LogP contribution in [-0.4, -0.2) is 11.9 Å². The Bertz CT molecular complexity index is 659. The number of halogens is 1. The number of benzene rings is 2. The summed E-state index contributed by atoms with van der Waals surface area (Å²) < 4.78 is 5.57. The van der Waals surface area contributed by atoms with Gasteiger partial charge in [0.05, 0.1) is 11.6 Å². The van der Waals surface area contributed by atoms with E-state index in [9.17, 15) is 4.79 Å². The average Bonchev–Trinajstić information content (AvgIpc) is 2.47. The largest absolute Gasteiger partial charge is 0.483 e. The predicted octanol–water partition coefficient (Wildman–Crippen LogP) is 3.86. The highest BCUT2D eigenvalue weighted by Crippen LogP contribution is 2.17. The highest BCUT2D eigenvalue weighted by molar-refractivity contribution is 6.31. The van der Waals surface area contributed by atoms with Crippen LogP contribution in [0.3, 0.4) is 0 Å². The van der Waals surface area contributed by atoms with Gasteiger partial charge < -0.3 is 4.74 Å². The van der Waals surface area contributed by atoms with Gasteiger partial charge in [-0.15, -0.1) is 0 Å². The van der Waals surface area contributed by atoms with Crippen LogP contribution >= 0.6 is 11.6 Å². The zero-order valence-corrected chi connectivity index (χ0v) is 11.6. The standard InChI is InChI=1S/C16H12ClNO2/c1-11(16(19)13-3-2-4-14(17)9-13)20-15-7-5-12(10-18)6-8-15/h2-9,11H,1H3. The molecule has 0 spiro atoms. The minimum absolute atomic E-state index is 0.142.